The van der Waals surface area contributed by atoms with Crippen LogP contribution in [0.1, 0.15) is 33.3 Å². The summed E-state index contributed by atoms with van der Waals surface area (Å²) in [6.07, 6.45) is 0.676. The molecule has 3 nitrogen and oxygen atoms in total. The summed E-state index contributed by atoms with van der Waals surface area (Å²) in [5, 5.41) is 6.99. The molecule has 1 aromatic carbocycles. The van der Waals surface area contributed by atoms with Gasteiger partial charge in [0.05, 0.1) is 0 Å². The Bertz CT molecular complexity index is 450. The van der Waals surface area contributed by atoms with Crippen LogP contribution in [-0.4, -0.2) is 25.0 Å². The highest BCUT2D eigenvalue weighted by molar-refractivity contribution is 6.30. The van der Waals surface area contributed by atoms with Crippen LogP contribution in [-0.2, 0) is 11.2 Å². The Hall–Kier alpha value is -0.770. The zero-order chi connectivity index (χ0) is 15.2. The number of carbonyl (C=O) groups excluding carboxylic acids is 1. The van der Waals surface area contributed by atoms with E-state index in [9.17, 15) is 4.79 Å². The molecule has 0 aliphatic carbocycles. The number of hydrogen-bond acceptors (Lipinski definition) is 2. The van der Waals surface area contributed by atoms with E-state index in [0.717, 1.165) is 12.1 Å². The van der Waals surface area contributed by atoms with Crippen molar-refractivity contribution in [3.05, 3.63) is 34.9 Å². The van der Waals surface area contributed by atoms with Crippen molar-refractivity contribution in [1.29, 1.82) is 0 Å². The van der Waals surface area contributed by atoms with Crippen LogP contribution in [0.3, 0.4) is 0 Å². The van der Waals surface area contributed by atoms with Crippen molar-refractivity contribution in [2.75, 3.05) is 13.1 Å². The van der Waals surface area contributed by atoms with Gasteiger partial charge in [0.2, 0.25) is 5.91 Å². The number of carbonyl (C=O) groups is 1. The van der Waals surface area contributed by atoms with Crippen molar-refractivity contribution in [1.82, 2.24) is 10.6 Å². The lowest BCUT2D eigenvalue weighted by Crippen LogP contribution is -2.44. The molecule has 5 heteroatoms. The average Bonchev–Trinajstić information content (AvgIpc) is 2.35. The number of halogens is 2. The summed E-state index contributed by atoms with van der Waals surface area (Å²) < 4.78 is 0. The molecule has 1 atom stereocenters. The van der Waals surface area contributed by atoms with E-state index < -0.39 is 5.41 Å². The molecule has 0 aromatic heterocycles. The number of amides is 1. The molecule has 1 rings (SSSR count). The first-order valence-corrected chi connectivity index (χ1v) is 7.49. The molecular weight excluding hydrogens is 307 g/mol. The van der Waals surface area contributed by atoms with E-state index in [1.54, 1.807) is 0 Å². The Kier molecular flexibility index (Phi) is 8.95. The Morgan fingerprint density at radius 2 is 2.05 bits per heavy atom. The first-order valence-electron chi connectivity index (χ1n) is 7.11. The quantitative estimate of drug-likeness (QED) is 0.802. The molecule has 0 bridgehead atoms. The molecule has 0 aliphatic heterocycles. The van der Waals surface area contributed by atoms with Crippen LogP contribution in [0.25, 0.3) is 0 Å². The SMILES string of the molecule is CCN[C@H](C)CNC(=O)C(C)(C)Cc1cccc(Cl)c1.Cl. The van der Waals surface area contributed by atoms with Gasteiger partial charge in [0.25, 0.3) is 0 Å². The zero-order valence-corrected chi connectivity index (χ0v) is 14.8. The van der Waals surface area contributed by atoms with E-state index in [-0.39, 0.29) is 24.4 Å². The Labute approximate surface area is 139 Å². The molecule has 0 fully saturated rings. The van der Waals surface area contributed by atoms with E-state index in [4.69, 9.17) is 11.6 Å². The van der Waals surface area contributed by atoms with Crippen molar-refractivity contribution in [2.45, 2.75) is 40.2 Å². The highest BCUT2D eigenvalue weighted by Crippen LogP contribution is 2.23. The van der Waals surface area contributed by atoms with Gasteiger partial charge in [-0.2, -0.15) is 0 Å². The van der Waals surface area contributed by atoms with Crippen LogP contribution in [0.5, 0.6) is 0 Å². The van der Waals surface area contributed by atoms with Crippen LogP contribution >= 0.6 is 24.0 Å². The molecule has 21 heavy (non-hydrogen) atoms. The fraction of sp³-hybridized carbons (Fsp3) is 0.562. The third-order valence-corrected chi connectivity index (χ3v) is 3.51. The zero-order valence-electron chi connectivity index (χ0n) is 13.2. The van der Waals surface area contributed by atoms with Crippen molar-refractivity contribution in [3.63, 3.8) is 0 Å². The second-order valence-electron chi connectivity index (χ2n) is 5.86. The van der Waals surface area contributed by atoms with Crippen molar-refractivity contribution in [2.24, 2.45) is 5.41 Å². The standard InChI is InChI=1S/C16H25ClN2O.ClH/c1-5-18-12(2)11-19-15(20)16(3,4)10-13-7-6-8-14(17)9-13;/h6-9,12,18H,5,10-11H2,1-4H3,(H,19,20);1H/t12-;/m1./s1. The smallest absolute Gasteiger partial charge is 0.226 e. The number of rotatable bonds is 7. The normalized spacial score (nSPS) is 12.4. The molecule has 0 saturated heterocycles. The summed E-state index contributed by atoms with van der Waals surface area (Å²) in [6, 6.07) is 7.96. The van der Waals surface area contributed by atoms with Crippen molar-refractivity contribution >= 4 is 29.9 Å². The molecule has 2 N–H and O–H groups in total. The number of benzene rings is 1. The highest BCUT2D eigenvalue weighted by atomic mass is 35.5. The summed E-state index contributed by atoms with van der Waals surface area (Å²) in [7, 11) is 0. The highest BCUT2D eigenvalue weighted by Gasteiger charge is 2.27. The summed E-state index contributed by atoms with van der Waals surface area (Å²) in [5.74, 6) is 0.0715. The van der Waals surface area contributed by atoms with Gasteiger partial charge >= 0.3 is 0 Å². The minimum Gasteiger partial charge on any atom is -0.354 e. The van der Waals surface area contributed by atoms with E-state index in [0.29, 0.717) is 18.0 Å². The molecule has 0 spiro atoms. The summed E-state index contributed by atoms with van der Waals surface area (Å²) >= 11 is 5.98. The first-order chi connectivity index (χ1) is 9.35. The lowest BCUT2D eigenvalue weighted by atomic mass is 9.85. The fourth-order valence-corrected chi connectivity index (χ4v) is 2.36. The molecule has 1 aromatic rings. The van der Waals surface area contributed by atoms with Crippen LogP contribution in [0.2, 0.25) is 5.02 Å². The summed E-state index contributed by atoms with van der Waals surface area (Å²) in [6.45, 7) is 9.59. The van der Waals surface area contributed by atoms with Gasteiger partial charge in [-0.1, -0.05) is 44.5 Å². The summed E-state index contributed by atoms with van der Waals surface area (Å²) in [4.78, 5) is 12.3. The third-order valence-electron chi connectivity index (χ3n) is 3.27. The van der Waals surface area contributed by atoms with Crippen LogP contribution in [0, 0.1) is 5.41 Å². The maximum atomic E-state index is 12.3. The number of nitrogens with one attached hydrogen (secondary N) is 2. The molecule has 0 heterocycles. The van der Waals surface area contributed by atoms with E-state index in [2.05, 4.69) is 24.5 Å². The maximum absolute atomic E-state index is 12.3. The fourth-order valence-electron chi connectivity index (χ4n) is 2.14. The van der Waals surface area contributed by atoms with E-state index in [1.807, 2.05) is 38.1 Å². The lowest BCUT2D eigenvalue weighted by molar-refractivity contribution is -0.129. The molecule has 0 saturated carbocycles. The third kappa shape index (κ3) is 7.16. The Morgan fingerprint density at radius 3 is 2.62 bits per heavy atom. The van der Waals surface area contributed by atoms with Crippen LogP contribution in [0.4, 0.5) is 0 Å². The van der Waals surface area contributed by atoms with Gasteiger partial charge < -0.3 is 10.6 Å². The van der Waals surface area contributed by atoms with Gasteiger partial charge in [0.15, 0.2) is 0 Å². The summed E-state index contributed by atoms with van der Waals surface area (Å²) in [5.41, 5.74) is 0.633. The molecule has 1 amide bonds. The number of likely N-dealkylation sites (N-methyl/N-ethyl adjacent to an activating group) is 1. The van der Waals surface area contributed by atoms with Crippen molar-refractivity contribution < 1.29 is 4.79 Å². The predicted molar refractivity (Wildman–Crippen MR) is 92.3 cm³/mol. The van der Waals surface area contributed by atoms with Crippen LogP contribution in [0.15, 0.2) is 24.3 Å². The van der Waals surface area contributed by atoms with Gasteiger partial charge in [-0.25, -0.2) is 0 Å². The molecule has 0 aliphatic rings. The molecule has 0 radical (unpaired) electrons. The predicted octanol–water partition coefficient (Wildman–Crippen LogP) is 3.44. The maximum Gasteiger partial charge on any atom is 0.226 e. The molecular formula is C16H26Cl2N2O. The Balaban J connectivity index is 0.00000400. The van der Waals surface area contributed by atoms with Gasteiger partial charge in [0.1, 0.15) is 0 Å². The van der Waals surface area contributed by atoms with Gasteiger partial charge in [-0.05, 0) is 37.6 Å². The minimum absolute atomic E-state index is 0. The van der Waals surface area contributed by atoms with Crippen molar-refractivity contribution in [3.8, 4) is 0 Å². The molecule has 120 valence electrons. The van der Waals surface area contributed by atoms with Gasteiger partial charge in [-0.3, -0.25) is 4.79 Å². The Morgan fingerprint density at radius 1 is 1.38 bits per heavy atom. The van der Waals surface area contributed by atoms with Gasteiger partial charge in [-0.15, -0.1) is 12.4 Å². The first kappa shape index (κ1) is 20.2. The van der Waals surface area contributed by atoms with E-state index in [1.165, 1.54) is 0 Å². The second-order valence-corrected chi connectivity index (χ2v) is 6.30. The monoisotopic (exact) mass is 332 g/mol. The largest absolute Gasteiger partial charge is 0.354 e. The minimum atomic E-state index is -0.448. The topological polar surface area (TPSA) is 41.1 Å². The average molecular weight is 333 g/mol. The molecule has 0 unspecified atom stereocenters. The van der Waals surface area contributed by atoms with Crippen LogP contribution < -0.4 is 10.6 Å². The lowest BCUT2D eigenvalue weighted by Gasteiger charge is -2.25. The van der Waals surface area contributed by atoms with E-state index >= 15 is 0 Å². The number of hydrogen-bond donors (Lipinski definition) is 2. The second kappa shape index (κ2) is 9.29. The van der Waals surface area contributed by atoms with Gasteiger partial charge in [0, 0.05) is 23.0 Å².